The van der Waals surface area contributed by atoms with Gasteiger partial charge in [-0.2, -0.15) is 0 Å². The number of hydrogen-bond acceptors (Lipinski definition) is 2. The van der Waals surface area contributed by atoms with E-state index in [1.807, 2.05) is 0 Å². The van der Waals surface area contributed by atoms with Crippen LogP contribution in [0.4, 0.5) is 4.39 Å². The van der Waals surface area contributed by atoms with E-state index in [0.717, 1.165) is 31.4 Å². The lowest BCUT2D eigenvalue weighted by Gasteiger charge is -2.34. The van der Waals surface area contributed by atoms with E-state index in [9.17, 15) is 9.18 Å². The summed E-state index contributed by atoms with van der Waals surface area (Å²) in [5.41, 5.74) is 0.801. The maximum Gasteiger partial charge on any atom is 0.237 e. The van der Waals surface area contributed by atoms with Gasteiger partial charge in [0.25, 0.3) is 0 Å². The van der Waals surface area contributed by atoms with Gasteiger partial charge in [0.15, 0.2) is 0 Å². The van der Waals surface area contributed by atoms with Gasteiger partial charge >= 0.3 is 0 Å². The van der Waals surface area contributed by atoms with Gasteiger partial charge < -0.3 is 10.6 Å². The van der Waals surface area contributed by atoms with Crippen LogP contribution in [0.1, 0.15) is 51.6 Å². The zero-order chi connectivity index (χ0) is 15.5. The highest BCUT2D eigenvalue weighted by atomic mass is 19.1. The zero-order valence-electron chi connectivity index (χ0n) is 13.1. The molecule has 0 aromatic heterocycles. The molecule has 1 aromatic carbocycles. The lowest BCUT2D eigenvalue weighted by atomic mass is 9.82. The molecule has 1 fully saturated rings. The van der Waals surface area contributed by atoms with Crippen LogP contribution in [0.25, 0.3) is 0 Å². The van der Waals surface area contributed by atoms with Crippen LogP contribution in [0.5, 0.6) is 0 Å². The third kappa shape index (κ3) is 4.27. The van der Waals surface area contributed by atoms with Crippen molar-refractivity contribution in [3.05, 3.63) is 35.6 Å². The van der Waals surface area contributed by atoms with Crippen LogP contribution in [-0.2, 0) is 4.79 Å². The Hall–Kier alpha value is -1.42. The molecule has 3 nitrogen and oxygen atoms in total. The Morgan fingerprint density at radius 2 is 1.95 bits per heavy atom. The van der Waals surface area contributed by atoms with Gasteiger partial charge in [-0.25, -0.2) is 4.39 Å². The van der Waals surface area contributed by atoms with Gasteiger partial charge in [0, 0.05) is 0 Å². The highest BCUT2D eigenvalue weighted by Crippen LogP contribution is 2.33. The molecule has 0 bridgehead atoms. The summed E-state index contributed by atoms with van der Waals surface area (Å²) in [4.78, 5) is 12.4. The molecule has 2 atom stereocenters. The topological polar surface area (TPSA) is 41.1 Å². The number of piperidine rings is 1. The van der Waals surface area contributed by atoms with Crippen LogP contribution in [-0.4, -0.2) is 18.5 Å². The molecule has 116 valence electrons. The maximum atomic E-state index is 13.1. The van der Waals surface area contributed by atoms with Gasteiger partial charge in [0.1, 0.15) is 5.82 Å². The number of amides is 1. The minimum Gasteiger partial charge on any atom is -0.347 e. The molecule has 4 heteroatoms. The lowest BCUT2D eigenvalue weighted by molar-refractivity contribution is -0.125. The SMILES string of the molecule is CC(C)(C)C(NC(=O)[C@@H]1CCCCN1)c1ccc(F)cc1. The van der Waals surface area contributed by atoms with E-state index in [-0.39, 0.29) is 29.2 Å². The fourth-order valence-electron chi connectivity index (χ4n) is 2.77. The highest BCUT2D eigenvalue weighted by molar-refractivity contribution is 5.82. The van der Waals surface area contributed by atoms with Crippen LogP contribution < -0.4 is 10.6 Å². The van der Waals surface area contributed by atoms with Crippen molar-refractivity contribution >= 4 is 5.91 Å². The van der Waals surface area contributed by atoms with Gasteiger partial charge in [-0.05, 0) is 42.5 Å². The number of halogens is 1. The van der Waals surface area contributed by atoms with Crippen LogP contribution in [0.3, 0.4) is 0 Å². The molecular weight excluding hydrogens is 267 g/mol. The Balaban J connectivity index is 2.13. The molecule has 0 saturated carbocycles. The second kappa shape index (κ2) is 6.56. The number of hydrogen-bond donors (Lipinski definition) is 2. The molecule has 0 spiro atoms. The van der Waals surface area contributed by atoms with Crippen molar-refractivity contribution in [2.24, 2.45) is 5.41 Å². The summed E-state index contributed by atoms with van der Waals surface area (Å²) in [6.07, 6.45) is 3.10. The average Bonchev–Trinajstić information content (AvgIpc) is 2.45. The van der Waals surface area contributed by atoms with Crippen molar-refractivity contribution in [1.29, 1.82) is 0 Å². The lowest BCUT2D eigenvalue weighted by Crippen LogP contribution is -2.49. The molecule has 0 radical (unpaired) electrons. The fraction of sp³-hybridized carbons (Fsp3) is 0.588. The monoisotopic (exact) mass is 292 g/mol. The van der Waals surface area contributed by atoms with E-state index in [1.54, 1.807) is 12.1 Å². The molecule has 2 N–H and O–H groups in total. The molecule has 2 rings (SSSR count). The summed E-state index contributed by atoms with van der Waals surface area (Å²) in [5, 5.41) is 6.40. The predicted octanol–water partition coefficient (Wildman–Crippen LogP) is 3.17. The quantitative estimate of drug-likeness (QED) is 0.898. The third-order valence-electron chi connectivity index (χ3n) is 3.98. The minimum absolute atomic E-state index is 0.0407. The van der Waals surface area contributed by atoms with E-state index in [2.05, 4.69) is 31.4 Å². The van der Waals surface area contributed by atoms with E-state index in [4.69, 9.17) is 0 Å². The van der Waals surface area contributed by atoms with Crippen LogP contribution in [0.2, 0.25) is 0 Å². The van der Waals surface area contributed by atoms with Crippen molar-refractivity contribution in [3.63, 3.8) is 0 Å². The molecule has 1 saturated heterocycles. The van der Waals surface area contributed by atoms with Crippen molar-refractivity contribution in [1.82, 2.24) is 10.6 Å². The second-order valence-corrected chi connectivity index (χ2v) is 6.86. The Morgan fingerprint density at radius 3 is 2.48 bits per heavy atom. The second-order valence-electron chi connectivity index (χ2n) is 6.86. The first-order valence-corrected chi connectivity index (χ1v) is 7.67. The van der Waals surface area contributed by atoms with Gasteiger partial charge in [-0.15, -0.1) is 0 Å². The summed E-state index contributed by atoms with van der Waals surface area (Å²) in [5.74, 6) is -0.217. The minimum atomic E-state index is -0.258. The molecular formula is C17H25FN2O. The normalized spacial score (nSPS) is 20.9. The van der Waals surface area contributed by atoms with Crippen LogP contribution in [0, 0.1) is 11.2 Å². The zero-order valence-corrected chi connectivity index (χ0v) is 13.1. The number of benzene rings is 1. The van der Waals surface area contributed by atoms with Gasteiger partial charge in [-0.3, -0.25) is 4.79 Å². The fourth-order valence-corrected chi connectivity index (χ4v) is 2.77. The third-order valence-corrected chi connectivity index (χ3v) is 3.98. The Morgan fingerprint density at radius 1 is 1.29 bits per heavy atom. The first kappa shape index (κ1) is 16.0. The molecule has 21 heavy (non-hydrogen) atoms. The highest BCUT2D eigenvalue weighted by Gasteiger charge is 2.30. The molecule has 1 heterocycles. The molecule has 1 amide bonds. The van der Waals surface area contributed by atoms with E-state index < -0.39 is 0 Å². The summed E-state index contributed by atoms with van der Waals surface area (Å²) < 4.78 is 13.1. The largest absolute Gasteiger partial charge is 0.347 e. The van der Waals surface area contributed by atoms with Crippen molar-refractivity contribution in [3.8, 4) is 0 Å². The molecule has 1 aromatic rings. The van der Waals surface area contributed by atoms with Crippen molar-refractivity contribution in [2.45, 2.75) is 52.1 Å². The van der Waals surface area contributed by atoms with Gasteiger partial charge in [-0.1, -0.05) is 39.3 Å². The summed E-state index contributed by atoms with van der Waals surface area (Å²) in [6, 6.07) is 6.15. The predicted molar refractivity (Wildman–Crippen MR) is 82.4 cm³/mol. The average molecular weight is 292 g/mol. The number of carbonyl (C=O) groups excluding carboxylic acids is 1. The number of rotatable bonds is 3. The first-order valence-electron chi connectivity index (χ1n) is 7.67. The number of nitrogens with one attached hydrogen (secondary N) is 2. The van der Waals surface area contributed by atoms with Crippen LogP contribution >= 0.6 is 0 Å². The smallest absolute Gasteiger partial charge is 0.237 e. The van der Waals surface area contributed by atoms with Crippen molar-refractivity contribution in [2.75, 3.05) is 6.54 Å². The van der Waals surface area contributed by atoms with E-state index in [1.165, 1.54) is 12.1 Å². The first-order chi connectivity index (χ1) is 9.88. The van der Waals surface area contributed by atoms with Gasteiger partial charge in [0.2, 0.25) is 5.91 Å². The van der Waals surface area contributed by atoms with Gasteiger partial charge in [0.05, 0.1) is 12.1 Å². The summed E-state index contributed by atoms with van der Waals surface area (Å²) in [6.45, 7) is 7.13. The van der Waals surface area contributed by atoms with Crippen LogP contribution in [0.15, 0.2) is 24.3 Å². The molecule has 1 aliphatic heterocycles. The van der Waals surface area contributed by atoms with E-state index >= 15 is 0 Å². The Kier molecular flexibility index (Phi) is 4.99. The summed E-state index contributed by atoms with van der Waals surface area (Å²) in [7, 11) is 0. The molecule has 0 aliphatic carbocycles. The molecule has 1 aliphatic rings. The standard InChI is InChI=1S/C17H25FN2O/c1-17(2,3)15(12-7-9-13(18)10-8-12)20-16(21)14-6-4-5-11-19-14/h7-10,14-15,19H,4-6,11H2,1-3H3,(H,20,21)/t14-,15?/m0/s1. The Bertz CT molecular complexity index is 473. The van der Waals surface area contributed by atoms with Crippen molar-refractivity contribution < 1.29 is 9.18 Å². The van der Waals surface area contributed by atoms with E-state index in [0.29, 0.717) is 0 Å². The Labute approximate surface area is 126 Å². The molecule has 1 unspecified atom stereocenters. The maximum absolute atomic E-state index is 13.1. The summed E-state index contributed by atoms with van der Waals surface area (Å²) >= 11 is 0. The number of carbonyl (C=O) groups is 1.